The van der Waals surface area contributed by atoms with Gasteiger partial charge in [0.25, 0.3) is 0 Å². The molecule has 2 fully saturated rings. The van der Waals surface area contributed by atoms with Gasteiger partial charge in [-0.1, -0.05) is 0 Å². The molecule has 2 aliphatic rings. The smallest absolute Gasteiger partial charge is 0.249 e. The van der Waals surface area contributed by atoms with Gasteiger partial charge in [0.2, 0.25) is 5.91 Å². The summed E-state index contributed by atoms with van der Waals surface area (Å²) in [7, 11) is 0. The van der Waals surface area contributed by atoms with Crippen LogP contribution in [0.25, 0.3) is 0 Å². The van der Waals surface area contributed by atoms with Crippen molar-refractivity contribution in [2.24, 2.45) is 0 Å². The topological polar surface area (TPSA) is 59.6 Å². The van der Waals surface area contributed by atoms with Gasteiger partial charge < -0.3 is 20.1 Å². The Morgan fingerprint density at radius 3 is 2.90 bits per heavy atom. The lowest BCUT2D eigenvalue weighted by atomic mass is 10.00. The lowest BCUT2D eigenvalue weighted by Gasteiger charge is -2.31. The zero-order valence-corrected chi connectivity index (χ0v) is 13.2. The molecule has 4 atom stereocenters. The van der Waals surface area contributed by atoms with E-state index < -0.39 is 6.10 Å². The normalized spacial score (nSPS) is 31.4. The molecule has 4 unspecified atom stereocenters. The monoisotopic (exact) mass is 306 g/mol. The largest absolute Gasteiger partial charge is 0.376 e. The first kappa shape index (κ1) is 17.7. The minimum absolute atomic E-state index is 0. The van der Waals surface area contributed by atoms with Crippen LogP contribution in [0.5, 0.6) is 0 Å². The molecule has 0 aromatic rings. The minimum Gasteiger partial charge on any atom is -0.376 e. The molecule has 0 saturated carbocycles. The molecule has 6 heteroatoms. The van der Waals surface area contributed by atoms with Crippen LogP contribution in [0.4, 0.5) is 0 Å². The number of rotatable bonds is 5. The molecular formula is C14H27ClN2O3. The summed E-state index contributed by atoms with van der Waals surface area (Å²) in [4.78, 5) is 12.1. The van der Waals surface area contributed by atoms with E-state index in [1.807, 2.05) is 6.92 Å². The molecule has 1 amide bonds. The van der Waals surface area contributed by atoms with Crippen LogP contribution < -0.4 is 10.6 Å². The van der Waals surface area contributed by atoms with Crippen molar-refractivity contribution in [1.82, 2.24) is 10.6 Å². The van der Waals surface area contributed by atoms with Gasteiger partial charge in [-0.05, 0) is 46.1 Å². The number of hydrogen-bond acceptors (Lipinski definition) is 4. The fourth-order valence-electron chi connectivity index (χ4n) is 2.64. The number of piperidine rings is 1. The minimum atomic E-state index is -0.404. The Kier molecular flexibility index (Phi) is 7.80. The van der Waals surface area contributed by atoms with Crippen molar-refractivity contribution in [3.63, 3.8) is 0 Å². The van der Waals surface area contributed by atoms with Gasteiger partial charge in [-0.25, -0.2) is 0 Å². The second-order valence-electron chi connectivity index (χ2n) is 5.61. The van der Waals surface area contributed by atoms with Crippen molar-refractivity contribution in [2.75, 3.05) is 19.8 Å². The van der Waals surface area contributed by atoms with Crippen LogP contribution in [0.3, 0.4) is 0 Å². The molecule has 0 aromatic heterocycles. The van der Waals surface area contributed by atoms with Crippen LogP contribution >= 0.6 is 12.4 Å². The van der Waals surface area contributed by atoms with Crippen LogP contribution in [0.15, 0.2) is 0 Å². The Labute approximate surface area is 127 Å². The number of carbonyl (C=O) groups is 1. The highest BCUT2D eigenvalue weighted by atomic mass is 35.5. The van der Waals surface area contributed by atoms with Crippen molar-refractivity contribution in [3.05, 3.63) is 0 Å². The standard InChI is InChI=1S/C14H26N2O3.ClH/c1-10-13(6-3-7-15-10)16-14(17)11(2)19-9-12-5-4-8-18-12;/h10-13,15H,3-9H2,1-2H3,(H,16,17);1H. The first-order valence-corrected chi connectivity index (χ1v) is 7.44. The number of ether oxygens (including phenoxy) is 2. The van der Waals surface area contributed by atoms with Crippen molar-refractivity contribution < 1.29 is 14.3 Å². The predicted molar refractivity (Wildman–Crippen MR) is 80.3 cm³/mol. The van der Waals surface area contributed by atoms with Crippen LogP contribution in [-0.2, 0) is 14.3 Å². The van der Waals surface area contributed by atoms with E-state index in [4.69, 9.17) is 9.47 Å². The van der Waals surface area contributed by atoms with E-state index in [1.54, 1.807) is 0 Å². The van der Waals surface area contributed by atoms with E-state index in [1.165, 1.54) is 0 Å². The third-order valence-corrected chi connectivity index (χ3v) is 4.01. The second-order valence-corrected chi connectivity index (χ2v) is 5.61. The lowest BCUT2D eigenvalue weighted by Crippen LogP contribution is -2.54. The summed E-state index contributed by atoms with van der Waals surface area (Å²) in [6.07, 6.45) is 4.06. The van der Waals surface area contributed by atoms with Crippen LogP contribution in [0, 0.1) is 0 Å². The highest BCUT2D eigenvalue weighted by Crippen LogP contribution is 2.13. The Balaban J connectivity index is 0.00000200. The summed E-state index contributed by atoms with van der Waals surface area (Å²) in [5, 5.41) is 6.45. The molecule has 2 aliphatic heterocycles. The summed E-state index contributed by atoms with van der Waals surface area (Å²) in [5.41, 5.74) is 0. The van der Waals surface area contributed by atoms with E-state index in [-0.39, 0.29) is 30.5 Å². The van der Waals surface area contributed by atoms with E-state index in [0.29, 0.717) is 12.6 Å². The highest BCUT2D eigenvalue weighted by molar-refractivity contribution is 5.85. The Morgan fingerprint density at radius 2 is 2.25 bits per heavy atom. The van der Waals surface area contributed by atoms with Gasteiger partial charge >= 0.3 is 0 Å². The molecule has 0 bridgehead atoms. The summed E-state index contributed by atoms with van der Waals surface area (Å²) in [6, 6.07) is 0.554. The maximum atomic E-state index is 12.1. The van der Waals surface area contributed by atoms with E-state index in [9.17, 15) is 4.79 Å². The third kappa shape index (κ3) is 5.20. The number of hydrogen-bond donors (Lipinski definition) is 2. The van der Waals surface area contributed by atoms with Crippen molar-refractivity contribution >= 4 is 18.3 Å². The van der Waals surface area contributed by atoms with Crippen molar-refractivity contribution in [1.29, 1.82) is 0 Å². The van der Waals surface area contributed by atoms with Crippen LogP contribution in [0.2, 0.25) is 0 Å². The number of nitrogens with one attached hydrogen (secondary N) is 2. The fourth-order valence-corrected chi connectivity index (χ4v) is 2.64. The molecular weight excluding hydrogens is 280 g/mol. The molecule has 2 N–H and O–H groups in total. The lowest BCUT2D eigenvalue weighted by molar-refractivity contribution is -0.134. The molecule has 0 spiro atoms. The second kappa shape index (κ2) is 8.82. The average Bonchev–Trinajstić information content (AvgIpc) is 2.91. The molecule has 2 saturated heterocycles. The first-order valence-electron chi connectivity index (χ1n) is 7.44. The molecule has 0 radical (unpaired) electrons. The zero-order valence-electron chi connectivity index (χ0n) is 12.4. The Morgan fingerprint density at radius 1 is 1.45 bits per heavy atom. The molecule has 2 heterocycles. The summed E-state index contributed by atoms with van der Waals surface area (Å²) in [6.45, 7) is 6.30. The number of carbonyl (C=O) groups excluding carboxylic acids is 1. The SMILES string of the molecule is CC(OCC1CCCO1)C(=O)NC1CCCNC1C.Cl. The molecule has 0 aliphatic carbocycles. The first-order chi connectivity index (χ1) is 9.16. The highest BCUT2D eigenvalue weighted by Gasteiger charge is 2.25. The average molecular weight is 307 g/mol. The number of halogens is 1. The van der Waals surface area contributed by atoms with Gasteiger partial charge in [0.15, 0.2) is 0 Å². The number of amides is 1. The fraction of sp³-hybridized carbons (Fsp3) is 0.929. The Bertz CT molecular complexity index is 298. The van der Waals surface area contributed by atoms with Gasteiger partial charge in [0, 0.05) is 18.7 Å². The summed E-state index contributed by atoms with van der Waals surface area (Å²) >= 11 is 0. The maximum Gasteiger partial charge on any atom is 0.249 e. The maximum absolute atomic E-state index is 12.1. The van der Waals surface area contributed by atoms with Gasteiger partial charge in [-0.15, -0.1) is 12.4 Å². The van der Waals surface area contributed by atoms with Crippen molar-refractivity contribution in [2.45, 2.75) is 63.8 Å². The van der Waals surface area contributed by atoms with Gasteiger partial charge in [0.1, 0.15) is 6.10 Å². The summed E-state index contributed by atoms with van der Waals surface area (Å²) in [5.74, 6) is -0.0152. The van der Waals surface area contributed by atoms with E-state index >= 15 is 0 Å². The predicted octanol–water partition coefficient (Wildman–Crippen LogP) is 1.25. The van der Waals surface area contributed by atoms with E-state index in [0.717, 1.165) is 38.8 Å². The molecule has 5 nitrogen and oxygen atoms in total. The van der Waals surface area contributed by atoms with Gasteiger partial charge in [-0.3, -0.25) is 4.79 Å². The Hall–Kier alpha value is -0.360. The van der Waals surface area contributed by atoms with Crippen LogP contribution in [-0.4, -0.2) is 50.0 Å². The molecule has 2 rings (SSSR count). The molecule has 0 aromatic carbocycles. The van der Waals surface area contributed by atoms with Crippen LogP contribution in [0.1, 0.15) is 39.5 Å². The zero-order chi connectivity index (χ0) is 13.7. The molecule has 118 valence electrons. The molecule has 20 heavy (non-hydrogen) atoms. The summed E-state index contributed by atoms with van der Waals surface area (Å²) < 4.78 is 11.1. The van der Waals surface area contributed by atoms with Gasteiger partial charge in [-0.2, -0.15) is 0 Å². The van der Waals surface area contributed by atoms with Crippen molar-refractivity contribution in [3.8, 4) is 0 Å². The van der Waals surface area contributed by atoms with E-state index in [2.05, 4.69) is 17.6 Å². The quantitative estimate of drug-likeness (QED) is 0.802. The third-order valence-electron chi connectivity index (χ3n) is 4.01. The van der Waals surface area contributed by atoms with Gasteiger partial charge in [0.05, 0.1) is 12.7 Å².